The van der Waals surface area contributed by atoms with E-state index in [2.05, 4.69) is 25.5 Å². The van der Waals surface area contributed by atoms with Crippen LogP contribution in [0.5, 0.6) is 0 Å². The Balaban J connectivity index is 1.85. The van der Waals surface area contributed by atoms with Gasteiger partial charge in [0.1, 0.15) is 15.7 Å². The standard InChI is InChI=1S/C12H11N5OS2/c1-6-9(10(18)15-12-14-7(2)16-17-12)20-11(13-6)8-4-3-5-19-8/h3-5H,1-2H3,(H2,14,15,16,17,18). The van der Waals surface area contributed by atoms with Crippen LogP contribution in [-0.4, -0.2) is 26.1 Å². The highest BCUT2D eigenvalue weighted by Gasteiger charge is 2.17. The van der Waals surface area contributed by atoms with Gasteiger partial charge in [0.25, 0.3) is 5.91 Å². The lowest BCUT2D eigenvalue weighted by Gasteiger charge is -1.97. The summed E-state index contributed by atoms with van der Waals surface area (Å²) in [6.07, 6.45) is 0. The summed E-state index contributed by atoms with van der Waals surface area (Å²) in [6.45, 7) is 3.60. The number of thiophene rings is 1. The number of thiazole rings is 1. The molecule has 0 aliphatic heterocycles. The largest absolute Gasteiger partial charge is 0.288 e. The topological polar surface area (TPSA) is 83.6 Å². The number of rotatable bonds is 3. The fourth-order valence-electron chi connectivity index (χ4n) is 1.67. The molecule has 0 aliphatic carbocycles. The summed E-state index contributed by atoms with van der Waals surface area (Å²) in [6, 6.07) is 3.95. The highest BCUT2D eigenvalue weighted by Crippen LogP contribution is 2.31. The maximum absolute atomic E-state index is 12.2. The van der Waals surface area contributed by atoms with Crippen LogP contribution in [0.15, 0.2) is 17.5 Å². The van der Waals surface area contributed by atoms with Crippen molar-refractivity contribution in [2.75, 3.05) is 5.32 Å². The second-order valence-corrected chi connectivity index (χ2v) is 6.06. The molecule has 0 bridgehead atoms. The van der Waals surface area contributed by atoms with Gasteiger partial charge >= 0.3 is 0 Å². The molecule has 3 rings (SSSR count). The van der Waals surface area contributed by atoms with Crippen LogP contribution < -0.4 is 5.32 Å². The third-order valence-electron chi connectivity index (χ3n) is 2.56. The Kier molecular flexibility index (Phi) is 3.33. The Hall–Kier alpha value is -2.06. The van der Waals surface area contributed by atoms with Gasteiger partial charge in [-0.25, -0.2) is 4.98 Å². The number of anilines is 1. The first-order valence-corrected chi connectivity index (χ1v) is 7.55. The van der Waals surface area contributed by atoms with Gasteiger partial charge in [-0.05, 0) is 25.3 Å². The van der Waals surface area contributed by atoms with E-state index in [0.29, 0.717) is 16.4 Å². The fourth-order valence-corrected chi connectivity index (χ4v) is 3.43. The molecule has 3 aromatic heterocycles. The Labute approximate surface area is 122 Å². The summed E-state index contributed by atoms with van der Waals surface area (Å²) < 4.78 is 0. The van der Waals surface area contributed by atoms with Gasteiger partial charge in [-0.2, -0.15) is 4.98 Å². The van der Waals surface area contributed by atoms with Crippen LogP contribution in [0, 0.1) is 13.8 Å². The third-order valence-corrected chi connectivity index (χ3v) is 4.75. The molecule has 0 aliphatic rings. The van der Waals surface area contributed by atoms with E-state index in [1.54, 1.807) is 18.3 Å². The average Bonchev–Trinajstić information content (AvgIpc) is 3.09. The van der Waals surface area contributed by atoms with Crippen molar-refractivity contribution in [3.8, 4) is 9.88 Å². The number of aryl methyl sites for hydroxylation is 2. The molecule has 2 N–H and O–H groups in total. The molecule has 3 aromatic rings. The van der Waals surface area contributed by atoms with Gasteiger partial charge in [-0.1, -0.05) is 6.07 Å². The highest BCUT2D eigenvalue weighted by atomic mass is 32.1. The number of carbonyl (C=O) groups excluding carboxylic acids is 1. The van der Waals surface area contributed by atoms with Gasteiger partial charge in [0.2, 0.25) is 5.95 Å². The molecule has 0 radical (unpaired) electrons. The lowest BCUT2D eigenvalue weighted by atomic mass is 10.4. The van der Waals surface area contributed by atoms with Crippen LogP contribution in [0.3, 0.4) is 0 Å². The molecule has 0 unspecified atom stereocenters. The zero-order chi connectivity index (χ0) is 14.1. The van der Waals surface area contributed by atoms with E-state index in [9.17, 15) is 4.79 Å². The van der Waals surface area contributed by atoms with Crippen molar-refractivity contribution in [1.29, 1.82) is 0 Å². The first-order chi connectivity index (χ1) is 9.63. The predicted octanol–water partition coefficient (Wildman–Crippen LogP) is 2.86. The summed E-state index contributed by atoms with van der Waals surface area (Å²) in [5.74, 6) is 0.695. The van der Waals surface area contributed by atoms with E-state index >= 15 is 0 Å². The number of H-pyrrole nitrogens is 1. The van der Waals surface area contributed by atoms with Crippen molar-refractivity contribution in [2.24, 2.45) is 0 Å². The molecule has 1 amide bonds. The Morgan fingerprint density at radius 3 is 2.85 bits per heavy atom. The van der Waals surface area contributed by atoms with Crippen LogP contribution >= 0.6 is 22.7 Å². The zero-order valence-corrected chi connectivity index (χ0v) is 12.4. The Morgan fingerprint density at radius 1 is 1.35 bits per heavy atom. The number of carbonyl (C=O) groups is 1. The lowest BCUT2D eigenvalue weighted by molar-refractivity contribution is 0.102. The van der Waals surface area contributed by atoms with E-state index in [-0.39, 0.29) is 11.9 Å². The minimum atomic E-state index is -0.234. The van der Waals surface area contributed by atoms with Gasteiger partial charge in [0.05, 0.1) is 10.6 Å². The molecule has 0 atom stereocenters. The maximum Gasteiger partial charge on any atom is 0.270 e. The van der Waals surface area contributed by atoms with Crippen LogP contribution in [0.1, 0.15) is 21.2 Å². The van der Waals surface area contributed by atoms with Crippen molar-refractivity contribution in [3.05, 3.63) is 33.9 Å². The highest BCUT2D eigenvalue weighted by molar-refractivity contribution is 7.22. The minimum absolute atomic E-state index is 0.234. The van der Waals surface area contributed by atoms with Crippen molar-refractivity contribution < 1.29 is 4.79 Å². The summed E-state index contributed by atoms with van der Waals surface area (Å²) in [5, 5.41) is 12.1. The number of nitrogens with zero attached hydrogens (tertiary/aromatic N) is 3. The molecule has 20 heavy (non-hydrogen) atoms. The van der Waals surface area contributed by atoms with E-state index in [4.69, 9.17) is 0 Å². The van der Waals surface area contributed by atoms with Gasteiger partial charge in [0, 0.05) is 0 Å². The fraction of sp³-hybridized carbons (Fsp3) is 0.167. The SMILES string of the molecule is Cc1nc(NC(=O)c2sc(-c3cccs3)nc2C)n[nH]1. The number of nitrogens with one attached hydrogen (secondary N) is 2. The lowest BCUT2D eigenvalue weighted by Crippen LogP contribution is -2.12. The van der Waals surface area contributed by atoms with Gasteiger partial charge in [-0.15, -0.1) is 27.8 Å². The van der Waals surface area contributed by atoms with E-state index in [0.717, 1.165) is 9.88 Å². The Bertz CT molecular complexity index is 744. The second-order valence-electron chi connectivity index (χ2n) is 4.11. The number of hydrogen-bond acceptors (Lipinski definition) is 6. The van der Waals surface area contributed by atoms with Crippen molar-refractivity contribution in [1.82, 2.24) is 20.2 Å². The first-order valence-electron chi connectivity index (χ1n) is 5.85. The van der Waals surface area contributed by atoms with Gasteiger partial charge in [0.15, 0.2) is 0 Å². The van der Waals surface area contributed by atoms with Gasteiger partial charge < -0.3 is 0 Å². The number of amides is 1. The van der Waals surface area contributed by atoms with Crippen molar-refractivity contribution in [3.63, 3.8) is 0 Å². The molecule has 6 nitrogen and oxygen atoms in total. The summed E-state index contributed by atoms with van der Waals surface area (Å²) in [5.41, 5.74) is 0.711. The molecule has 0 spiro atoms. The van der Waals surface area contributed by atoms with Crippen LogP contribution in [0.4, 0.5) is 5.95 Å². The molecule has 3 heterocycles. The normalized spacial score (nSPS) is 10.7. The zero-order valence-electron chi connectivity index (χ0n) is 10.8. The summed E-state index contributed by atoms with van der Waals surface area (Å²) >= 11 is 2.98. The average molecular weight is 305 g/mol. The van der Waals surface area contributed by atoms with E-state index < -0.39 is 0 Å². The quantitative estimate of drug-likeness (QED) is 0.779. The van der Waals surface area contributed by atoms with E-state index in [1.807, 2.05) is 24.4 Å². The van der Waals surface area contributed by atoms with Crippen molar-refractivity contribution >= 4 is 34.5 Å². The van der Waals surface area contributed by atoms with Crippen LogP contribution in [0.25, 0.3) is 9.88 Å². The van der Waals surface area contributed by atoms with E-state index in [1.165, 1.54) is 11.3 Å². The molecule has 102 valence electrons. The smallest absolute Gasteiger partial charge is 0.270 e. The second kappa shape index (κ2) is 5.14. The first kappa shape index (κ1) is 12.9. The predicted molar refractivity (Wildman–Crippen MR) is 79.2 cm³/mol. The summed E-state index contributed by atoms with van der Waals surface area (Å²) in [4.78, 5) is 22.3. The molecule has 0 saturated heterocycles. The molecule has 8 heteroatoms. The molecule has 0 fully saturated rings. The molecule has 0 saturated carbocycles. The number of hydrogen-bond donors (Lipinski definition) is 2. The van der Waals surface area contributed by atoms with Gasteiger partial charge in [-0.3, -0.25) is 15.2 Å². The minimum Gasteiger partial charge on any atom is -0.288 e. The monoisotopic (exact) mass is 305 g/mol. The molecular formula is C12H11N5OS2. The number of aromatic nitrogens is 4. The maximum atomic E-state index is 12.2. The van der Waals surface area contributed by atoms with Crippen molar-refractivity contribution in [2.45, 2.75) is 13.8 Å². The number of aromatic amines is 1. The molecule has 0 aromatic carbocycles. The molecular weight excluding hydrogens is 294 g/mol. The summed E-state index contributed by atoms with van der Waals surface area (Å²) in [7, 11) is 0. The third kappa shape index (κ3) is 2.47. The Morgan fingerprint density at radius 2 is 2.20 bits per heavy atom. The van der Waals surface area contributed by atoms with Crippen LogP contribution in [0.2, 0.25) is 0 Å². The van der Waals surface area contributed by atoms with Crippen LogP contribution in [-0.2, 0) is 0 Å².